The highest BCUT2D eigenvalue weighted by Gasteiger charge is 2.42. The van der Waals surface area contributed by atoms with E-state index in [-0.39, 0.29) is 10.8 Å². The highest BCUT2D eigenvalue weighted by atomic mass is 32.2. The molecule has 1 fully saturated rings. The van der Waals surface area contributed by atoms with E-state index in [1.807, 2.05) is 31.2 Å². The lowest BCUT2D eigenvalue weighted by Crippen LogP contribution is -2.42. The van der Waals surface area contributed by atoms with Gasteiger partial charge in [-0.15, -0.1) is 0 Å². The second-order valence-corrected chi connectivity index (χ2v) is 10.2. The van der Waals surface area contributed by atoms with Gasteiger partial charge in [-0.05, 0) is 55.5 Å². The minimum atomic E-state index is -3.73. The summed E-state index contributed by atoms with van der Waals surface area (Å²) in [5.74, 6) is 0.430. The second-order valence-electron chi connectivity index (χ2n) is 8.48. The van der Waals surface area contributed by atoms with Crippen LogP contribution >= 0.6 is 0 Å². The minimum absolute atomic E-state index is 0.0656. The zero-order chi connectivity index (χ0) is 21.9. The van der Waals surface area contributed by atoms with Crippen LogP contribution in [0.1, 0.15) is 56.1 Å². The first kappa shape index (κ1) is 21.6. The lowest BCUT2D eigenvalue weighted by atomic mass is 9.67. The maximum absolute atomic E-state index is 13.6. The molecule has 0 radical (unpaired) electrons. The zero-order valence-electron chi connectivity index (χ0n) is 17.9. The van der Waals surface area contributed by atoms with Gasteiger partial charge in [0, 0.05) is 18.7 Å². The summed E-state index contributed by atoms with van der Waals surface area (Å²) < 4.78 is 28.1. The minimum Gasteiger partial charge on any atom is -0.325 e. The van der Waals surface area contributed by atoms with Gasteiger partial charge in [-0.2, -0.15) is 0 Å². The number of nitrogens with one attached hydrogen (secondary N) is 2. The number of carbonyl (C=O) groups is 1. The van der Waals surface area contributed by atoms with Crippen LogP contribution in [0.15, 0.2) is 58.4 Å². The highest BCUT2D eigenvalue weighted by molar-refractivity contribution is 7.90. The van der Waals surface area contributed by atoms with Crippen LogP contribution in [0.4, 0.5) is 5.69 Å². The Morgan fingerprint density at radius 3 is 2.48 bits per heavy atom. The van der Waals surface area contributed by atoms with E-state index in [1.54, 1.807) is 12.1 Å². The molecule has 6 nitrogen and oxygen atoms in total. The monoisotopic (exact) mass is 439 g/mol. The van der Waals surface area contributed by atoms with Crippen molar-refractivity contribution in [1.82, 2.24) is 4.72 Å². The molecular weight excluding hydrogens is 410 g/mol. The molecule has 4 rings (SSSR count). The van der Waals surface area contributed by atoms with Gasteiger partial charge in [0.15, 0.2) is 0 Å². The van der Waals surface area contributed by atoms with Crippen LogP contribution in [-0.2, 0) is 20.2 Å². The summed E-state index contributed by atoms with van der Waals surface area (Å²) in [6.45, 7) is 2.69. The number of carbonyl (C=O) groups excluding carboxylic acids is 1. The Hall–Kier alpha value is -2.67. The molecule has 2 N–H and O–H groups in total. The van der Waals surface area contributed by atoms with E-state index in [9.17, 15) is 13.2 Å². The molecule has 0 spiro atoms. The highest BCUT2D eigenvalue weighted by Crippen LogP contribution is 2.41. The van der Waals surface area contributed by atoms with Crippen molar-refractivity contribution >= 4 is 27.5 Å². The molecule has 0 bridgehead atoms. The van der Waals surface area contributed by atoms with Crippen LogP contribution in [-0.4, -0.2) is 26.7 Å². The molecule has 0 atom stereocenters. The van der Waals surface area contributed by atoms with Crippen LogP contribution in [0.25, 0.3) is 0 Å². The zero-order valence-corrected chi connectivity index (χ0v) is 18.7. The summed E-state index contributed by atoms with van der Waals surface area (Å²) in [4.78, 5) is 17.9. The molecule has 0 aromatic heterocycles. The van der Waals surface area contributed by atoms with E-state index in [1.165, 1.54) is 12.1 Å². The number of amidine groups is 1. The number of aliphatic imine (C=N–C) groups is 1. The molecule has 1 saturated carbocycles. The van der Waals surface area contributed by atoms with Crippen molar-refractivity contribution in [3.63, 3.8) is 0 Å². The largest absolute Gasteiger partial charge is 0.325 e. The van der Waals surface area contributed by atoms with Crippen molar-refractivity contribution in [3.8, 4) is 0 Å². The fraction of sp³-hybridized carbons (Fsp3) is 0.417. The van der Waals surface area contributed by atoms with Crippen molar-refractivity contribution in [1.29, 1.82) is 0 Å². The Labute approximate surface area is 184 Å². The summed E-state index contributed by atoms with van der Waals surface area (Å²) in [6.07, 6.45) is 6.21. The number of anilines is 1. The molecule has 7 heteroatoms. The van der Waals surface area contributed by atoms with Crippen molar-refractivity contribution in [2.75, 3.05) is 11.9 Å². The Kier molecular flexibility index (Phi) is 6.14. The molecule has 1 amide bonds. The van der Waals surface area contributed by atoms with Crippen molar-refractivity contribution in [2.45, 2.75) is 62.2 Å². The average Bonchev–Trinajstić information content (AvgIpc) is 3.27. The molecule has 0 saturated heterocycles. The molecular formula is C24H29N3O3S. The number of benzene rings is 2. The van der Waals surface area contributed by atoms with Crippen molar-refractivity contribution < 1.29 is 13.2 Å². The van der Waals surface area contributed by atoms with Gasteiger partial charge in [0.1, 0.15) is 5.84 Å². The van der Waals surface area contributed by atoms with Gasteiger partial charge in [0.2, 0.25) is 5.91 Å². The van der Waals surface area contributed by atoms with Gasteiger partial charge >= 0.3 is 0 Å². The summed E-state index contributed by atoms with van der Waals surface area (Å²) in [5, 5.41) is 3.02. The molecule has 31 heavy (non-hydrogen) atoms. The molecule has 1 aliphatic heterocycles. The molecule has 1 aliphatic carbocycles. The fourth-order valence-electron chi connectivity index (χ4n) is 4.71. The van der Waals surface area contributed by atoms with Gasteiger partial charge in [-0.3, -0.25) is 14.5 Å². The third kappa shape index (κ3) is 4.51. The summed E-state index contributed by atoms with van der Waals surface area (Å²) >= 11 is 0. The normalized spacial score (nSPS) is 18.3. The van der Waals surface area contributed by atoms with E-state index < -0.39 is 15.4 Å². The summed E-state index contributed by atoms with van der Waals surface area (Å²) in [7, 11) is -3.73. The molecule has 164 valence electrons. The molecule has 2 aromatic rings. The predicted octanol–water partition coefficient (Wildman–Crippen LogP) is 4.31. The Bertz CT molecular complexity index is 1100. The predicted molar refractivity (Wildman–Crippen MR) is 123 cm³/mol. The van der Waals surface area contributed by atoms with E-state index in [0.717, 1.165) is 49.7 Å². The lowest BCUT2D eigenvalue weighted by molar-refractivity contribution is -0.122. The van der Waals surface area contributed by atoms with E-state index in [0.29, 0.717) is 24.5 Å². The topological polar surface area (TPSA) is 87.6 Å². The smallest absolute Gasteiger partial charge is 0.262 e. The summed E-state index contributed by atoms with van der Waals surface area (Å²) in [6, 6.07) is 14.5. The number of nitrogens with zero attached hydrogens (tertiary/aromatic N) is 1. The second kappa shape index (κ2) is 8.83. The first-order valence-electron chi connectivity index (χ1n) is 10.9. The van der Waals surface area contributed by atoms with Crippen LogP contribution in [0, 0.1) is 6.92 Å². The van der Waals surface area contributed by atoms with Crippen LogP contribution < -0.4 is 10.0 Å². The first-order chi connectivity index (χ1) is 14.9. The number of hydrogen-bond acceptors (Lipinski definition) is 4. The Balaban J connectivity index is 1.60. The number of rotatable bonds is 5. The maximum atomic E-state index is 13.6. The molecule has 2 aromatic carbocycles. The number of amides is 1. The van der Waals surface area contributed by atoms with Gasteiger partial charge in [0.05, 0.1) is 10.3 Å². The number of hydrogen-bond donors (Lipinski definition) is 2. The standard InChI is InChI=1S/C24H29N3O3S/c1-18-9-3-4-12-21(18)24(14-5-2-6-15-24)23(28)26-19-10-7-11-20(17-19)31(29,30)27-22-13-8-16-25-22/h3-4,7,9-12,17H,2,5-6,8,13-16H2,1H3,(H,25,27)(H,26,28). The van der Waals surface area contributed by atoms with Crippen molar-refractivity contribution in [2.24, 2.45) is 4.99 Å². The average molecular weight is 440 g/mol. The fourth-order valence-corrected chi connectivity index (χ4v) is 5.85. The van der Waals surface area contributed by atoms with Crippen molar-refractivity contribution in [3.05, 3.63) is 59.7 Å². The third-order valence-electron chi connectivity index (χ3n) is 6.33. The van der Waals surface area contributed by atoms with Gasteiger partial charge in [-0.25, -0.2) is 8.42 Å². The third-order valence-corrected chi connectivity index (χ3v) is 7.71. The first-order valence-corrected chi connectivity index (χ1v) is 12.4. The lowest BCUT2D eigenvalue weighted by Gasteiger charge is -2.37. The molecule has 0 unspecified atom stereocenters. The molecule has 1 heterocycles. The van der Waals surface area contributed by atoms with Crippen LogP contribution in [0.2, 0.25) is 0 Å². The van der Waals surface area contributed by atoms with E-state index >= 15 is 0 Å². The van der Waals surface area contributed by atoms with Crippen LogP contribution in [0.5, 0.6) is 0 Å². The number of aryl methyl sites for hydroxylation is 1. The number of sulfonamides is 1. The van der Waals surface area contributed by atoms with E-state index in [4.69, 9.17) is 0 Å². The van der Waals surface area contributed by atoms with Gasteiger partial charge in [0.25, 0.3) is 10.0 Å². The van der Waals surface area contributed by atoms with Gasteiger partial charge in [-0.1, -0.05) is 49.6 Å². The van der Waals surface area contributed by atoms with Crippen LogP contribution in [0.3, 0.4) is 0 Å². The Morgan fingerprint density at radius 1 is 1.00 bits per heavy atom. The quantitative estimate of drug-likeness (QED) is 0.728. The van der Waals surface area contributed by atoms with E-state index in [2.05, 4.69) is 15.0 Å². The maximum Gasteiger partial charge on any atom is 0.262 e. The summed E-state index contributed by atoms with van der Waals surface area (Å²) in [5.41, 5.74) is 2.07. The Morgan fingerprint density at radius 2 is 1.77 bits per heavy atom. The molecule has 2 aliphatic rings. The SMILES string of the molecule is Cc1ccccc1C1(C(=O)Nc2cccc(S(=O)(=O)NC3=NCCC3)c2)CCCCC1. The van der Waals surface area contributed by atoms with Gasteiger partial charge < -0.3 is 5.32 Å².